The fourth-order valence-corrected chi connectivity index (χ4v) is 2.26. The van der Waals surface area contributed by atoms with Crippen molar-refractivity contribution in [1.29, 1.82) is 0 Å². The van der Waals surface area contributed by atoms with Gasteiger partial charge >= 0.3 is 5.97 Å². The number of rotatable bonds is 7. The Morgan fingerprint density at radius 2 is 2.35 bits per heavy atom. The number of likely N-dealkylation sites (tertiary alicyclic amines) is 1. The van der Waals surface area contributed by atoms with E-state index < -0.39 is 11.5 Å². The molecule has 0 aromatic rings. The number of carbonyl (C=O) groups is 1. The van der Waals surface area contributed by atoms with Crippen LogP contribution in [0.3, 0.4) is 0 Å². The first-order chi connectivity index (χ1) is 7.95. The molecular weight excluding hydrogens is 220 g/mol. The first-order valence-electron chi connectivity index (χ1n) is 6.19. The highest BCUT2D eigenvalue weighted by molar-refractivity contribution is 5.77. The second-order valence-electron chi connectivity index (χ2n) is 5.24. The van der Waals surface area contributed by atoms with Crippen molar-refractivity contribution in [2.24, 2.45) is 11.7 Å². The predicted octanol–water partition coefficient (Wildman–Crippen LogP) is 0.537. The number of carboxylic acid groups (broad SMARTS) is 1. The average Bonchev–Trinajstić information content (AvgIpc) is 2.66. The molecule has 5 nitrogen and oxygen atoms in total. The van der Waals surface area contributed by atoms with E-state index in [0.29, 0.717) is 12.3 Å². The number of hydrogen-bond donors (Lipinski definition) is 2. The summed E-state index contributed by atoms with van der Waals surface area (Å²) in [4.78, 5) is 13.2. The average molecular weight is 244 g/mol. The molecule has 0 spiro atoms. The third kappa shape index (κ3) is 4.61. The van der Waals surface area contributed by atoms with Gasteiger partial charge in [0.2, 0.25) is 0 Å². The summed E-state index contributed by atoms with van der Waals surface area (Å²) in [5.41, 5.74) is 4.59. The number of nitrogens with zero attached hydrogens (tertiary/aromatic N) is 1. The smallest absolute Gasteiger partial charge is 0.323 e. The van der Waals surface area contributed by atoms with E-state index in [0.717, 1.165) is 32.7 Å². The number of methoxy groups -OCH3 is 1. The lowest BCUT2D eigenvalue weighted by molar-refractivity contribution is -0.142. The van der Waals surface area contributed by atoms with E-state index in [1.165, 1.54) is 6.42 Å². The molecular formula is C12H24N2O3. The number of carboxylic acids is 1. The van der Waals surface area contributed by atoms with Crippen LogP contribution in [-0.2, 0) is 9.53 Å². The van der Waals surface area contributed by atoms with Crippen molar-refractivity contribution in [3.63, 3.8) is 0 Å². The normalized spacial score (nSPS) is 24.8. The SMILES string of the molecule is COCC1CCN(CCCC(C)(N)C(=O)O)C1. The van der Waals surface area contributed by atoms with Gasteiger partial charge in [0.1, 0.15) is 5.54 Å². The summed E-state index contributed by atoms with van der Waals surface area (Å²) >= 11 is 0. The van der Waals surface area contributed by atoms with Crippen molar-refractivity contribution in [3.8, 4) is 0 Å². The summed E-state index contributed by atoms with van der Waals surface area (Å²) in [5, 5.41) is 8.89. The number of ether oxygens (including phenoxy) is 1. The number of hydrogen-bond acceptors (Lipinski definition) is 4. The quantitative estimate of drug-likeness (QED) is 0.683. The van der Waals surface area contributed by atoms with E-state index in [2.05, 4.69) is 4.90 Å². The Morgan fingerprint density at radius 3 is 2.94 bits per heavy atom. The molecule has 100 valence electrons. The highest BCUT2D eigenvalue weighted by Crippen LogP contribution is 2.18. The Morgan fingerprint density at radius 1 is 1.65 bits per heavy atom. The Kier molecular flexibility index (Phi) is 5.36. The lowest BCUT2D eigenvalue weighted by atomic mass is 9.97. The minimum absolute atomic E-state index is 0.522. The molecule has 0 amide bonds. The van der Waals surface area contributed by atoms with Gasteiger partial charge in [-0.05, 0) is 45.2 Å². The lowest BCUT2D eigenvalue weighted by Crippen LogP contribution is -2.45. The van der Waals surface area contributed by atoms with Crippen molar-refractivity contribution in [2.75, 3.05) is 33.4 Å². The van der Waals surface area contributed by atoms with Crippen LogP contribution in [-0.4, -0.2) is 54.9 Å². The summed E-state index contributed by atoms with van der Waals surface area (Å²) in [6, 6.07) is 0. The number of aliphatic carboxylic acids is 1. The van der Waals surface area contributed by atoms with Crippen LogP contribution in [0.1, 0.15) is 26.2 Å². The maximum absolute atomic E-state index is 10.8. The molecule has 0 saturated carbocycles. The Balaban J connectivity index is 2.18. The van der Waals surface area contributed by atoms with E-state index in [1.807, 2.05) is 0 Å². The van der Waals surface area contributed by atoms with Gasteiger partial charge in [-0.2, -0.15) is 0 Å². The minimum atomic E-state index is -1.09. The van der Waals surface area contributed by atoms with Crippen molar-refractivity contribution in [2.45, 2.75) is 31.7 Å². The van der Waals surface area contributed by atoms with Crippen LogP contribution < -0.4 is 5.73 Å². The Labute approximate surface area is 103 Å². The summed E-state index contributed by atoms with van der Waals surface area (Å²) < 4.78 is 5.14. The zero-order chi connectivity index (χ0) is 12.9. The summed E-state index contributed by atoms with van der Waals surface area (Å²) in [7, 11) is 1.73. The molecule has 3 N–H and O–H groups in total. The first-order valence-corrected chi connectivity index (χ1v) is 6.19. The van der Waals surface area contributed by atoms with Crippen LogP contribution in [0.2, 0.25) is 0 Å². The van der Waals surface area contributed by atoms with Gasteiger partial charge in [0.15, 0.2) is 0 Å². The van der Waals surface area contributed by atoms with E-state index in [4.69, 9.17) is 15.6 Å². The third-order valence-electron chi connectivity index (χ3n) is 3.43. The molecule has 17 heavy (non-hydrogen) atoms. The third-order valence-corrected chi connectivity index (χ3v) is 3.43. The molecule has 0 radical (unpaired) electrons. The fraction of sp³-hybridized carbons (Fsp3) is 0.917. The maximum atomic E-state index is 10.8. The molecule has 2 atom stereocenters. The molecule has 0 aromatic heterocycles. The van der Waals surface area contributed by atoms with Gasteiger partial charge in [0, 0.05) is 13.7 Å². The van der Waals surface area contributed by atoms with Gasteiger partial charge in [-0.15, -0.1) is 0 Å². The topological polar surface area (TPSA) is 75.8 Å². The van der Waals surface area contributed by atoms with E-state index >= 15 is 0 Å². The molecule has 1 fully saturated rings. The van der Waals surface area contributed by atoms with Crippen molar-refractivity contribution >= 4 is 5.97 Å². The molecule has 5 heteroatoms. The largest absolute Gasteiger partial charge is 0.480 e. The molecule has 0 bridgehead atoms. The Hall–Kier alpha value is -0.650. The molecule has 0 aliphatic carbocycles. The molecule has 1 aliphatic rings. The van der Waals surface area contributed by atoms with E-state index in [1.54, 1.807) is 14.0 Å². The zero-order valence-corrected chi connectivity index (χ0v) is 10.8. The molecule has 2 unspecified atom stereocenters. The van der Waals surface area contributed by atoms with Gasteiger partial charge < -0.3 is 20.5 Å². The van der Waals surface area contributed by atoms with Crippen molar-refractivity contribution in [1.82, 2.24) is 4.90 Å². The molecule has 1 aliphatic heterocycles. The van der Waals surface area contributed by atoms with Gasteiger partial charge in [0.05, 0.1) is 6.61 Å². The fourth-order valence-electron chi connectivity index (χ4n) is 2.26. The van der Waals surface area contributed by atoms with Gasteiger partial charge in [-0.1, -0.05) is 0 Å². The number of nitrogens with two attached hydrogens (primary N) is 1. The van der Waals surface area contributed by atoms with Crippen molar-refractivity contribution < 1.29 is 14.6 Å². The zero-order valence-electron chi connectivity index (χ0n) is 10.8. The monoisotopic (exact) mass is 244 g/mol. The van der Waals surface area contributed by atoms with Crippen LogP contribution in [0.4, 0.5) is 0 Å². The second kappa shape index (κ2) is 6.33. The first kappa shape index (κ1) is 14.4. The summed E-state index contributed by atoms with van der Waals surface area (Å²) in [5.74, 6) is -0.292. The second-order valence-corrected chi connectivity index (χ2v) is 5.24. The summed E-state index contributed by atoms with van der Waals surface area (Å²) in [6.45, 7) is 5.47. The van der Waals surface area contributed by atoms with Gasteiger partial charge in [-0.3, -0.25) is 4.79 Å². The van der Waals surface area contributed by atoms with E-state index in [9.17, 15) is 4.79 Å². The van der Waals surface area contributed by atoms with Gasteiger partial charge in [-0.25, -0.2) is 0 Å². The summed E-state index contributed by atoms with van der Waals surface area (Å²) in [6.07, 6.45) is 2.53. The van der Waals surface area contributed by atoms with Gasteiger partial charge in [0.25, 0.3) is 0 Å². The van der Waals surface area contributed by atoms with Crippen LogP contribution in [0.25, 0.3) is 0 Å². The minimum Gasteiger partial charge on any atom is -0.480 e. The highest BCUT2D eigenvalue weighted by atomic mass is 16.5. The van der Waals surface area contributed by atoms with Crippen molar-refractivity contribution in [3.05, 3.63) is 0 Å². The lowest BCUT2D eigenvalue weighted by Gasteiger charge is -2.21. The predicted molar refractivity (Wildman–Crippen MR) is 65.9 cm³/mol. The Bertz CT molecular complexity index is 256. The maximum Gasteiger partial charge on any atom is 0.323 e. The standard InChI is InChI=1S/C12H24N2O3/c1-12(13,11(15)16)5-3-6-14-7-4-10(8-14)9-17-2/h10H,3-9,13H2,1-2H3,(H,15,16). The van der Waals surface area contributed by atoms with Crippen LogP contribution in [0, 0.1) is 5.92 Å². The van der Waals surface area contributed by atoms with Crippen LogP contribution >= 0.6 is 0 Å². The molecule has 1 rings (SSSR count). The molecule has 1 saturated heterocycles. The van der Waals surface area contributed by atoms with Crippen LogP contribution in [0.5, 0.6) is 0 Å². The molecule has 0 aromatic carbocycles. The highest BCUT2D eigenvalue weighted by Gasteiger charge is 2.28. The molecule has 1 heterocycles. The van der Waals surface area contributed by atoms with Crippen LogP contribution in [0.15, 0.2) is 0 Å². The van der Waals surface area contributed by atoms with E-state index in [-0.39, 0.29) is 0 Å².